The van der Waals surface area contributed by atoms with Gasteiger partial charge in [0.15, 0.2) is 0 Å². The third kappa shape index (κ3) is 757. The zero-order valence-corrected chi connectivity index (χ0v) is 22.3. The average molecular weight is 408 g/mol. The molecule has 0 amide bonds. The Morgan fingerprint density at radius 3 is 0.350 bits per heavy atom. The summed E-state index contributed by atoms with van der Waals surface area (Å²) in [5.41, 5.74) is 0. The van der Waals surface area contributed by atoms with Gasteiger partial charge in [0.25, 0.3) is 0 Å². The predicted molar refractivity (Wildman–Crippen MR) is 33.2 cm³/mol. The molecule has 12 nitrogen and oxygen atoms in total. The molecule has 20 heteroatoms. The summed E-state index contributed by atoms with van der Waals surface area (Å²) in [6.45, 7) is 0. The van der Waals surface area contributed by atoms with E-state index in [0.29, 0.717) is 0 Å². The van der Waals surface area contributed by atoms with Gasteiger partial charge in [0, 0.05) is 0 Å². The van der Waals surface area contributed by atoms with Crippen LogP contribution in [-0.2, 0) is 36.5 Å². The Hall–Kier alpha value is 3.44. The number of hydrogen-bond donors (Lipinski definition) is 0. The first kappa shape index (κ1) is 49.5. The van der Waals surface area contributed by atoms with Crippen molar-refractivity contribution < 1.29 is 174 Å². The predicted octanol–water partition coefficient (Wildman–Crippen LogP) is -14.2. The van der Waals surface area contributed by atoms with Gasteiger partial charge in [-0.3, -0.25) is 36.5 Å². The average Bonchev–Trinajstić information content (AvgIpc) is 1.76. The van der Waals surface area contributed by atoms with Crippen LogP contribution in [0.15, 0.2) is 0 Å². The Morgan fingerprint density at radius 1 is 0.350 bits per heavy atom. The minimum absolute atomic E-state index is 0. The molecule has 0 heterocycles. The summed E-state index contributed by atoms with van der Waals surface area (Å²) in [7, 11) is -13.5. The van der Waals surface area contributed by atoms with Crippen molar-refractivity contribution in [3.63, 3.8) is 0 Å². The molecule has 0 N–H and O–H groups in total. The third-order valence-electron chi connectivity index (χ3n) is 0. The number of rotatable bonds is 0. The van der Waals surface area contributed by atoms with Crippen LogP contribution in [0.25, 0.3) is 0 Å². The van der Waals surface area contributed by atoms with Crippen LogP contribution in [0.1, 0.15) is 0 Å². The summed E-state index contributed by atoms with van der Waals surface area (Å²) in [6.07, 6.45) is 0. The molecular formula is Na4O12P4. The minimum atomic E-state index is -3.37. The normalized spacial score (nSPS) is 5.00. The molecule has 0 radical (unpaired) electrons. The van der Waals surface area contributed by atoms with Crippen molar-refractivity contribution in [2.45, 2.75) is 0 Å². The molecule has 0 spiro atoms. The third-order valence-corrected chi connectivity index (χ3v) is 0. The van der Waals surface area contributed by atoms with E-state index in [0.717, 1.165) is 0 Å². The Bertz CT molecular complexity index is 301. The fourth-order valence-electron chi connectivity index (χ4n) is 0. The molecular weight excluding hydrogens is 408 g/mol. The van der Waals surface area contributed by atoms with Crippen LogP contribution in [0.4, 0.5) is 0 Å². The van der Waals surface area contributed by atoms with Crippen molar-refractivity contribution in [3.05, 3.63) is 0 Å². The van der Waals surface area contributed by atoms with Gasteiger partial charge in [-0.2, -0.15) is 0 Å². The molecule has 0 unspecified atom stereocenters. The SMILES string of the molecule is O=P(=O)[O-].O=P(=O)[O-].O=P(=O)[O-].O=P(=O)[O-].[Na+].[Na+].[Na+].[Na+]. The molecule has 0 aliphatic rings. The summed E-state index contributed by atoms with van der Waals surface area (Å²) in [5, 5.41) is 0. The minimum Gasteiger partial charge on any atom is -0.744 e. The first-order valence-corrected chi connectivity index (χ1v) is 6.57. The largest absolute Gasteiger partial charge is 1.00 e. The first-order chi connectivity index (χ1) is 6.93. The number of hydrogen-bond acceptors (Lipinski definition) is 12. The van der Waals surface area contributed by atoms with Crippen molar-refractivity contribution in [2.24, 2.45) is 0 Å². The van der Waals surface area contributed by atoms with Gasteiger partial charge < -0.3 is 19.6 Å². The quantitative estimate of drug-likeness (QED) is 0.269. The second kappa shape index (κ2) is 43.3. The molecule has 0 saturated carbocycles. The van der Waals surface area contributed by atoms with Gasteiger partial charge in [0.05, 0.1) is 0 Å². The summed E-state index contributed by atoms with van der Waals surface area (Å²) in [6, 6.07) is 0. The van der Waals surface area contributed by atoms with E-state index in [9.17, 15) is 0 Å². The monoisotopic (exact) mass is 408 g/mol. The van der Waals surface area contributed by atoms with Crippen molar-refractivity contribution in [1.29, 1.82) is 0 Å². The molecule has 0 aliphatic carbocycles. The van der Waals surface area contributed by atoms with Gasteiger partial charge >= 0.3 is 118 Å². The van der Waals surface area contributed by atoms with Crippen LogP contribution >= 0.6 is 31.6 Å². The van der Waals surface area contributed by atoms with Crippen LogP contribution in [0.3, 0.4) is 0 Å². The van der Waals surface area contributed by atoms with Gasteiger partial charge in [-0.1, -0.05) is 0 Å². The van der Waals surface area contributed by atoms with Crippen molar-refractivity contribution in [1.82, 2.24) is 0 Å². The van der Waals surface area contributed by atoms with Gasteiger partial charge in [-0.05, 0) is 0 Å². The van der Waals surface area contributed by atoms with E-state index in [-0.39, 0.29) is 118 Å². The second-order valence-electron chi connectivity index (χ2n) is 0.894. The van der Waals surface area contributed by atoms with Gasteiger partial charge in [0.1, 0.15) is 0 Å². The smallest absolute Gasteiger partial charge is 0.744 e. The topological polar surface area (TPSA) is 229 Å². The van der Waals surface area contributed by atoms with Gasteiger partial charge in [-0.15, -0.1) is 0 Å². The molecule has 0 aliphatic heterocycles. The van der Waals surface area contributed by atoms with Crippen LogP contribution in [0.2, 0.25) is 0 Å². The van der Waals surface area contributed by atoms with E-state index < -0.39 is 31.6 Å². The molecule has 0 atom stereocenters. The molecule has 0 saturated heterocycles. The summed E-state index contributed by atoms with van der Waals surface area (Å²) in [4.78, 5) is 33.9. The zero-order chi connectivity index (χ0) is 14.3. The summed E-state index contributed by atoms with van der Waals surface area (Å²) < 4.78 is 67.9. The molecule has 0 bridgehead atoms. The van der Waals surface area contributed by atoms with Crippen molar-refractivity contribution in [3.8, 4) is 0 Å². The van der Waals surface area contributed by atoms with E-state index in [1.54, 1.807) is 0 Å². The zero-order valence-electron chi connectivity index (χ0n) is 10.7. The molecule has 0 aromatic heterocycles. The van der Waals surface area contributed by atoms with Gasteiger partial charge in [-0.25, -0.2) is 0 Å². The maximum Gasteiger partial charge on any atom is 1.00 e. The van der Waals surface area contributed by atoms with Crippen LogP contribution in [0, 0.1) is 0 Å². The van der Waals surface area contributed by atoms with E-state index in [1.165, 1.54) is 0 Å². The first-order valence-electron chi connectivity index (χ1n) is 2.19. The maximum absolute atomic E-state index is 8.48. The Balaban J connectivity index is -0.0000000150. The molecule has 96 valence electrons. The molecule has 0 fully saturated rings. The Labute approximate surface area is 202 Å². The fraction of sp³-hybridized carbons (Fsp3) is 0. The van der Waals surface area contributed by atoms with Crippen LogP contribution in [-0.4, -0.2) is 0 Å². The van der Waals surface area contributed by atoms with E-state index in [4.69, 9.17) is 56.1 Å². The maximum atomic E-state index is 8.48. The fourth-order valence-corrected chi connectivity index (χ4v) is 0. The van der Waals surface area contributed by atoms with E-state index in [2.05, 4.69) is 0 Å². The van der Waals surface area contributed by atoms with Crippen molar-refractivity contribution in [2.75, 3.05) is 0 Å². The molecule has 20 heavy (non-hydrogen) atoms. The van der Waals surface area contributed by atoms with Crippen molar-refractivity contribution >= 4 is 31.6 Å². The standard InChI is InChI=1S/4Na.4HO3P/c;;;;4*1-4(2)3/h;;;;4*(H,1,2,3)/q4*+1;;;;/p-4. The molecule has 0 rings (SSSR count). The summed E-state index contributed by atoms with van der Waals surface area (Å²) >= 11 is 0. The molecule has 0 aromatic carbocycles. The van der Waals surface area contributed by atoms with E-state index >= 15 is 0 Å². The molecule has 0 aromatic rings. The van der Waals surface area contributed by atoms with Crippen LogP contribution < -0.4 is 138 Å². The van der Waals surface area contributed by atoms with Crippen LogP contribution in [0.5, 0.6) is 0 Å². The van der Waals surface area contributed by atoms with E-state index in [1.807, 2.05) is 0 Å². The Morgan fingerprint density at radius 2 is 0.350 bits per heavy atom. The van der Waals surface area contributed by atoms with Gasteiger partial charge in [0.2, 0.25) is 31.6 Å². The Kier molecular flexibility index (Phi) is 107. The summed E-state index contributed by atoms with van der Waals surface area (Å²) in [5.74, 6) is 0. The second-order valence-corrected chi connectivity index (χ2v) is 2.68.